The quantitative estimate of drug-likeness (QED) is 0.632. The Morgan fingerprint density at radius 1 is 1.60 bits per heavy atom. The van der Waals surface area contributed by atoms with Crippen molar-refractivity contribution in [2.24, 2.45) is 5.92 Å². The van der Waals surface area contributed by atoms with E-state index in [0.717, 1.165) is 4.47 Å². The van der Waals surface area contributed by atoms with E-state index >= 15 is 0 Å². The minimum atomic E-state index is -0.464. The lowest BCUT2D eigenvalue weighted by atomic mass is 10.1. The Hall–Kier alpha value is -1.63. The van der Waals surface area contributed by atoms with Crippen LogP contribution in [0.25, 0.3) is 0 Å². The number of allylic oxidation sites excluding steroid dienone is 1. The van der Waals surface area contributed by atoms with Gasteiger partial charge in [0.15, 0.2) is 0 Å². The average molecular weight is 344 g/mol. The monoisotopic (exact) mass is 343 g/mol. The first kappa shape index (κ1) is 16.4. The number of carbonyl (C=O) groups excluding carboxylic acids is 2. The number of hydrogen-bond donors (Lipinski definition) is 1. The first-order chi connectivity index (χ1) is 9.42. The Morgan fingerprint density at radius 2 is 2.30 bits per heavy atom. The van der Waals surface area contributed by atoms with Gasteiger partial charge in [-0.2, -0.15) is 5.10 Å². The number of rotatable bonds is 6. The van der Waals surface area contributed by atoms with Crippen molar-refractivity contribution in [3.63, 3.8) is 0 Å². The molecule has 0 fully saturated rings. The lowest BCUT2D eigenvalue weighted by Crippen LogP contribution is -2.30. The molecule has 1 amide bonds. The largest absolute Gasteiger partial charge is 0.463 e. The fourth-order valence-electron chi connectivity index (χ4n) is 1.52. The van der Waals surface area contributed by atoms with Crippen molar-refractivity contribution in [2.45, 2.75) is 27.3 Å². The molecule has 0 bridgehead atoms. The molecular formula is C13H18BrN3O3. The molecule has 0 saturated heterocycles. The van der Waals surface area contributed by atoms with Gasteiger partial charge in [0.1, 0.15) is 0 Å². The molecule has 110 valence electrons. The van der Waals surface area contributed by atoms with Crippen LogP contribution in [0.4, 0.5) is 0 Å². The van der Waals surface area contributed by atoms with Crippen LogP contribution in [-0.4, -0.2) is 28.3 Å². The van der Waals surface area contributed by atoms with Gasteiger partial charge in [0, 0.05) is 18.0 Å². The van der Waals surface area contributed by atoms with E-state index in [4.69, 9.17) is 4.74 Å². The molecule has 1 aromatic rings. The Balaban J connectivity index is 2.51. The van der Waals surface area contributed by atoms with E-state index in [1.807, 2.05) is 0 Å². The van der Waals surface area contributed by atoms with E-state index < -0.39 is 5.97 Å². The Kier molecular flexibility index (Phi) is 6.44. The molecule has 1 rings (SSSR count). The van der Waals surface area contributed by atoms with Crippen molar-refractivity contribution in [3.05, 3.63) is 28.6 Å². The van der Waals surface area contributed by atoms with Crippen LogP contribution in [0.15, 0.2) is 28.6 Å². The lowest BCUT2D eigenvalue weighted by Gasteiger charge is -2.12. The minimum Gasteiger partial charge on any atom is -0.463 e. The van der Waals surface area contributed by atoms with Crippen LogP contribution >= 0.6 is 15.9 Å². The summed E-state index contributed by atoms with van der Waals surface area (Å²) in [7, 11) is 0. The highest BCUT2D eigenvalue weighted by molar-refractivity contribution is 9.10. The molecule has 1 heterocycles. The maximum absolute atomic E-state index is 11.9. The van der Waals surface area contributed by atoms with E-state index in [2.05, 4.69) is 26.3 Å². The molecule has 0 aliphatic rings. The highest BCUT2D eigenvalue weighted by Crippen LogP contribution is 2.08. The van der Waals surface area contributed by atoms with E-state index in [-0.39, 0.29) is 11.8 Å². The van der Waals surface area contributed by atoms with Crippen molar-refractivity contribution in [1.82, 2.24) is 15.1 Å². The Morgan fingerprint density at radius 3 is 2.85 bits per heavy atom. The van der Waals surface area contributed by atoms with Crippen molar-refractivity contribution < 1.29 is 14.3 Å². The van der Waals surface area contributed by atoms with Crippen LogP contribution in [0.1, 0.15) is 20.8 Å². The fraction of sp³-hybridized carbons (Fsp3) is 0.462. The van der Waals surface area contributed by atoms with Gasteiger partial charge in [-0.15, -0.1) is 0 Å². The fourth-order valence-corrected chi connectivity index (χ4v) is 1.84. The van der Waals surface area contributed by atoms with Gasteiger partial charge in [0.05, 0.1) is 29.7 Å². The molecule has 0 radical (unpaired) electrons. The molecule has 1 unspecified atom stereocenters. The molecule has 0 saturated carbocycles. The number of aromatic nitrogens is 2. The molecule has 0 aliphatic carbocycles. The molecule has 0 spiro atoms. The van der Waals surface area contributed by atoms with Crippen molar-refractivity contribution >= 4 is 27.8 Å². The van der Waals surface area contributed by atoms with Crippen molar-refractivity contribution in [2.75, 3.05) is 6.61 Å². The van der Waals surface area contributed by atoms with Crippen LogP contribution in [0, 0.1) is 5.92 Å². The molecule has 7 heteroatoms. The van der Waals surface area contributed by atoms with Crippen LogP contribution in [-0.2, 0) is 20.9 Å². The molecule has 0 aromatic carbocycles. The summed E-state index contributed by atoms with van der Waals surface area (Å²) in [5, 5.41) is 6.76. The average Bonchev–Trinajstić information content (AvgIpc) is 2.74. The van der Waals surface area contributed by atoms with Crippen LogP contribution in [0.2, 0.25) is 0 Å². The number of ether oxygens (including phenoxy) is 1. The van der Waals surface area contributed by atoms with Gasteiger partial charge in [-0.05, 0) is 29.8 Å². The van der Waals surface area contributed by atoms with E-state index in [1.165, 1.54) is 6.08 Å². The number of carbonyl (C=O) groups is 2. The summed E-state index contributed by atoms with van der Waals surface area (Å²) < 4.78 is 7.31. The standard InChI is InChI=1S/C13H18BrN3O3/c1-4-20-12(18)5-10(3)16-13(19)9(2)7-17-8-11(14)6-15-17/h5-6,8-9H,4,7H2,1-3H3,(H,16,19)/b10-5+. The normalized spacial score (nSPS) is 12.9. The van der Waals surface area contributed by atoms with Crippen LogP contribution < -0.4 is 5.32 Å². The minimum absolute atomic E-state index is 0.172. The zero-order valence-corrected chi connectivity index (χ0v) is 13.3. The highest BCUT2D eigenvalue weighted by atomic mass is 79.9. The number of nitrogens with one attached hydrogen (secondary N) is 1. The van der Waals surface area contributed by atoms with Crippen LogP contribution in [0.3, 0.4) is 0 Å². The second kappa shape index (κ2) is 7.84. The summed E-state index contributed by atoms with van der Waals surface area (Å²) in [6.45, 7) is 5.93. The Bertz CT molecular complexity index is 511. The van der Waals surface area contributed by atoms with Gasteiger partial charge in [-0.25, -0.2) is 4.79 Å². The number of esters is 1. The number of nitrogens with zero attached hydrogens (tertiary/aromatic N) is 2. The van der Waals surface area contributed by atoms with E-state index in [9.17, 15) is 9.59 Å². The predicted molar refractivity (Wildman–Crippen MR) is 77.6 cm³/mol. The number of hydrogen-bond acceptors (Lipinski definition) is 4. The second-order valence-electron chi connectivity index (χ2n) is 4.35. The number of halogens is 1. The number of amides is 1. The first-order valence-electron chi connectivity index (χ1n) is 6.26. The van der Waals surface area contributed by atoms with Crippen molar-refractivity contribution in [1.29, 1.82) is 0 Å². The molecular weight excluding hydrogens is 326 g/mol. The van der Waals surface area contributed by atoms with Gasteiger partial charge in [0.2, 0.25) is 5.91 Å². The summed E-state index contributed by atoms with van der Waals surface area (Å²) in [5.74, 6) is -0.907. The molecule has 20 heavy (non-hydrogen) atoms. The van der Waals surface area contributed by atoms with Gasteiger partial charge in [-0.1, -0.05) is 6.92 Å². The molecule has 1 aromatic heterocycles. The summed E-state index contributed by atoms with van der Waals surface area (Å²) in [5.41, 5.74) is 0.460. The third-order valence-corrected chi connectivity index (χ3v) is 2.86. The Labute approximate surface area is 126 Å². The highest BCUT2D eigenvalue weighted by Gasteiger charge is 2.14. The zero-order valence-electron chi connectivity index (χ0n) is 11.7. The maximum atomic E-state index is 11.9. The third kappa shape index (κ3) is 5.56. The van der Waals surface area contributed by atoms with Crippen LogP contribution in [0.5, 0.6) is 0 Å². The second-order valence-corrected chi connectivity index (χ2v) is 5.27. The zero-order chi connectivity index (χ0) is 15.1. The van der Waals surface area contributed by atoms with Gasteiger partial charge >= 0.3 is 5.97 Å². The SMILES string of the molecule is CCOC(=O)/C=C(\C)NC(=O)C(C)Cn1cc(Br)cn1. The lowest BCUT2D eigenvalue weighted by molar-refractivity contribution is -0.137. The topological polar surface area (TPSA) is 73.2 Å². The molecule has 1 N–H and O–H groups in total. The summed E-state index contributed by atoms with van der Waals surface area (Å²) in [6, 6.07) is 0. The predicted octanol–water partition coefficient (Wildman–Crippen LogP) is 1.86. The molecule has 6 nitrogen and oxygen atoms in total. The van der Waals surface area contributed by atoms with Gasteiger partial charge in [-0.3, -0.25) is 9.48 Å². The molecule has 1 atom stereocenters. The van der Waals surface area contributed by atoms with E-state index in [0.29, 0.717) is 18.8 Å². The first-order valence-corrected chi connectivity index (χ1v) is 7.05. The van der Waals surface area contributed by atoms with Gasteiger partial charge < -0.3 is 10.1 Å². The van der Waals surface area contributed by atoms with Crippen molar-refractivity contribution in [3.8, 4) is 0 Å². The smallest absolute Gasteiger partial charge is 0.332 e. The van der Waals surface area contributed by atoms with Gasteiger partial charge in [0.25, 0.3) is 0 Å². The van der Waals surface area contributed by atoms with E-state index in [1.54, 1.807) is 37.8 Å². The molecule has 0 aliphatic heterocycles. The maximum Gasteiger partial charge on any atom is 0.332 e. The third-order valence-electron chi connectivity index (χ3n) is 2.45. The summed E-state index contributed by atoms with van der Waals surface area (Å²) in [6.07, 6.45) is 4.72. The summed E-state index contributed by atoms with van der Waals surface area (Å²) in [4.78, 5) is 23.2. The summed E-state index contributed by atoms with van der Waals surface area (Å²) >= 11 is 3.30.